The van der Waals surface area contributed by atoms with Crippen LogP contribution in [0.3, 0.4) is 0 Å². The molecule has 5 nitrogen and oxygen atoms in total. The molecule has 5 aromatic carbocycles. The number of imidazole rings is 1. The molecule has 1 aromatic heterocycles. The Morgan fingerprint density at radius 1 is 0.528 bits per heavy atom. The minimum atomic E-state index is 0.216. The number of hydrogen-bond acceptors (Lipinski definition) is 4. The molecule has 1 aliphatic rings. The third kappa shape index (κ3) is 7.01. The lowest BCUT2D eigenvalue weighted by Crippen LogP contribution is -2.26. The first-order valence-electron chi connectivity index (χ1n) is 19.1. The van der Waals surface area contributed by atoms with E-state index < -0.39 is 0 Å². The second-order valence-corrected chi connectivity index (χ2v) is 15.5. The summed E-state index contributed by atoms with van der Waals surface area (Å²) in [6.07, 6.45) is 6.57. The Kier molecular flexibility index (Phi) is 10.0. The Bertz CT molecular complexity index is 2200. The van der Waals surface area contributed by atoms with Crippen LogP contribution in [0.2, 0.25) is 0 Å². The molecule has 7 rings (SSSR count). The fourth-order valence-electron chi connectivity index (χ4n) is 7.60. The Morgan fingerprint density at radius 2 is 1.09 bits per heavy atom. The fourth-order valence-corrected chi connectivity index (χ4v) is 7.60. The number of hydrogen-bond donors (Lipinski definition) is 1. The van der Waals surface area contributed by atoms with E-state index in [0.29, 0.717) is 35.9 Å². The SMILES string of the molecule is CC(C)c1cc(-c2ccccc2)cc(C(C)C)c1N1C=CN(c2cccc(-c3cn(-c4c(C(C)C)cccc4C(C)C)c(-c4ccccc4O)n3)c2)C1. The van der Waals surface area contributed by atoms with E-state index in [1.807, 2.05) is 18.2 Å². The number of aromatic hydroxyl groups is 1. The highest BCUT2D eigenvalue weighted by Crippen LogP contribution is 2.42. The summed E-state index contributed by atoms with van der Waals surface area (Å²) in [4.78, 5) is 9.99. The number of anilines is 2. The predicted octanol–water partition coefficient (Wildman–Crippen LogP) is 12.8. The number of phenols is 1. The van der Waals surface area contributed by atoms with Crippen molar-refractivity contribution < 1.29 is 5.11 Å². The summed E-state index contributed by atoms with van der Waals surface area (Å²) in [7, 11) is 0. The Labute approximate surface area is 315 Å². The average Bonchev–Trinajstić information content (AvgIpc) is 3.83. The molecule has 1 aliphatic heterocycles. The van der Waals surface area contributed by atoms with Gasteiger partial charge in [-0.15, -0.1) is 0 Å². The van der Waals surface area contributed by atoms with Gasteiger partial charge >= 0.3 is 0 Å². The molecule has 0 saturated heterocycles. The summed E-state index contributed by atoms with van der Waals surface area (Å²) in [6.45, 7) is 18.9. The molecule has 0 unspecified atom stereocenters. The number of para-hydroxylation sites is 2. The fraction of sp³-hybridized carbons (Fsp3) is 0.271. The summed E-state index contributed by atoms with van der Waals surface area (Å²) < 4.78 is 2.21. The molecule has 0 fully saturated rings. The van der Waals surface area contributed by atoms with Crippen LogP contribution in [0, 0.1) is 0 Å². The molecule has 270 valence electrons. The lowest BCUT2D eigenvalue weighted by atomic mass is 9.88. The van der Waals surface area contributed by atoms with Gasteiger partial charge in [0.25, 0.3) is 0 Å². The van der Waals surface area contributed by atoms with Crippen molar-refractivity contribution in [1.29, 1.82) is 0 Å². The van der Waals surface area contributed by atoms with Crippen molar-refractivity contribution in [3.05, 3.63) is 150 Å². The van der Waals surface area contributed by atoms with Gasteiger partial charge in [0.15, 0.2) is 0 Å². The molecule has 2 heterocycles. The van der Waals surface area contributed by atoms with Crippen molar-refractivity contribution in [3.8, 4) is 45.2 Å². The predicted molar refractivity (Wildman–Crippen MR) is 223 cm³/mol. The highest BCUT2D eigenvalue weighted by molar-refractivity contribution is 5.77. The van der Waals surface area contributed by atoms with Gasteiger partial charge in [0.05, 0.1) is 23.6 Å². The van der Waals surface area contributed by atoms with Gasteiger partial charge in [-0.1, -0.05) is 128 Å². The molecule has 53 heavy (non-hydrogen) atoms. The van der Waals surface area contributed by atoms with E-state index >= 15 is 0 Å². The third-order valence-electron chi connectivity index (χ3n) is 10.4. The topological polar surface area (TPSA) is 44.5 Å². The van der Waals surface area contributed by atoms with Gasteiger partial charge < -0.3 is 14.9 Å². The van der Waals surface area contributed by atoms with E-state index in [1.54, 1.807) is 6.07 Å². The van der Waals surface area contributed by atoms with Crippen molar-refractivity contribution in [2.75, 3.05) is 16.5 Å². The molecule has 0 aliphatic carbocycles. The zero-order chi connectivity index (χ0) is 37.4. The molecule has 1 N–H and O–H groups in total. The van der Waals surface area contributed by atoms with Crippen molar-refractivity contribution in [2.45, 2.75) is 79.1 Å². The molecule has 6 aromatic rings. The van der Waals surface area contributed by atoms with Crippen LogP contribution in [-0.2, 0) is 0 Å². The summed E-state index contributed by atoms with van der Waals surface area (Å²) in [6, 6.07) is 38.3. The van der Waals surface area contributed by atoms with Gasteiger partial charge in [-0.2, -0.15) is 0 Å². The maximum atomic E-state index is 11.1. The number of nitrogens with zero attached hydrogens (tertiary/aromatic N) is 4. The van der Waals surface area contributed by atoms with Crippen LogP contribution in [-0.4, -0.2) is 21.3 Å². The van der Waals surface area contributed by atoms with Gasteiger partial charge in [-0.25, -0.2) is 4.98 Å². The minimum absolute atomic E-state index is 0.216. The molecule has 0 atom stereocenters. The van der Waals surface area contributed by atoms with Crippen molar-refractivity contribution in [3.63, 3.8) is 0 Å². The summed E-state index contributed by atoms with van der Waals surface area (Å²) in [5.41, 5.74) is 13.9. The second kappa shape index (κ2) is 14.8. The third-order valence-corrected chi connectivity index (χ3v) is 10.4. The summed E-state index contributed by atoms with van der Waals surface area (Å²) in [5, 5.41) is 11.1. The first-order chi connectivity index (χ1) is 25.5. The van der Waals surface area contributed by atoms with Crippen LogP contribution in [0.5, 0.6) is 5.75 Å². The molecule has 0 radical (unpaired) electrons. The van der Waals surface area contributed by atoms with E-state index in [1.165, 1.54) is 39.1 Å². The van der Waals surface area contributed by atoms with E-state index in [-0.39, 0.29) is 5.75 Å². The van der Waals surface area contributed by atoms with Gasteiger partial charge in [0.2, 0.25) is 0 Å². The van der Waals surface area contributed by atoms with E-state index in [4.69, 9.17) is 4.98 Å². The monoisotopic (exact) mass is 700 g/mol. The lowest BCUT2D eigenvalue weighted by molar-refractivity contribution is 0.477. The van der Waals surface area contributed by atoms with Crippen LogP contribution in [0.25, 0.3) is 39.5 Å². The summed E-state index contributed by atoms with van der Waals surface area (Å²) in [5.74, 6) is 2.29. The minimum Gasteiger partial charge on any atom is -0.507 e. The second-order valence-electron chi connectivity index (χ2n) is 15.5. The zero-order valence-electron chi connectivity index (χ0n) is 32.4. The van der Waals surface area contributed by atoms with Gasteiger partial charge in [0.1, 0.15) is 11.6 Å². The smallest absolute Gasteiger partial charge is 0.148 e. The molecule has 0 saturated carbocycles. The molecule has 0 bridgehead atoms. The lowest BCUT2D eigenvalue weighted by Gasteiger charge is -2.29. The van der Waals surface area contributed by atoms with Crippen LogP contribution in [0.4, 0.5) is 11.4 Å². The Hall–Kier alpha value is -5.55. The molecule has 5 heteroatoms. The normalized spacial score (nSPS) is 13.1. The molecular formula is C48H52N4O. The number of rotatable bonds is 10. The van der Waals surface area contributed by atoms with Crippen LogP contribution in [0.15, 0.2) is 128 Å². The Morgan fingerprint density at radius 3 is 1.72 bits per heavy atom. The maximum Gasteiger partial charge on any atom is 0.148 e. The van der Waals surface area contributed by atoms with E-state index in [2.05, 4.69) is 173 Å². The van der Waals surface area contributed by atoms with E-state index in [9.17, 15) is 5.11 Å². The standard InChI is InChI=1S/C48H52N4O/c1-31(2)39-21-15-22-40(32(3)4)47(39)52-29-44(49-48(52)41-20-12-13-23-45(41)53)36-18-14-19-38(26-36)50-24-25-51(30-50)46-42(33(5)6)27-37(28-43(46)34(7)8)35-16-10-9-11-17-35/h9-29,31-34,53H,30H2,1-8H3. The highest BCUT2D eigenvalue weighted by atomic mass is 16.3. The average molecular weight is 701 g/mol. The van der Waals surface area contributed by atoms with Crippen LogP contribution < -0.4 is 9.80 Å². The maximum absolute atomic E-state index is 11.1. The zero-order valence-corrected chi connectivity index (χ0v) is 32.4. The van der Waals surface area contributed by atoms with Gasteiger partial charge in [-0.05, 0) is 93.5 Å². The Balaban J connectivity index is 1.28. The highest BCUT2D eigenvalue weighted by Gasteiger charge is 2.26. The number of aromatic nitrogens is 2. The largest absolute Gasteiger partial charge is 0.507 e. The number of benzene rings is 5. The first kappa shape index (κ1) is 35.8. The van der Waals surface area contributed by atoms with Crippen molar-refractivity contribution in [2.24, 2.45) is 0 Å². The van der Waals surface area contributed by atoms with Gasteiger partial charge in [0, 0.05) is 35.5 Å². The summed E-state index contributed by atoms with van der Waals surface area (Å²) >= 11 is 0. The van der Waals surface area contributed by atoms with Crippen molar-refractivity contribution in [1.82, 2.24) is 9.55 Å². The quantitative estimate of drug-likeness (QED) is 0.154. The van der Waals surface area contributed by atoms with Crippen LogP contribution in [0.1, 0.15) is 101 Å². The molecule has 0 amide bonds. The molecule has 0 spiro atoms. The number of phenolic OH excluding ortho intramolecular Hbond substituents is 1. The van der Waals surface area contributed by atoms with Crippen molar-refractivity contribution >= 4 is 11.4 Å². The van der Waals surface area contributed by atoms with E-state index in [0.717, 1.165) is 28.5 Å². The molecular weight excluding hydrogens is 649 g/mol. The first-order valence-corrected chi connectivity index (χ1v) is 19.1. The van der Waals surface area contributed by atoms with Crippen LogP contribution >= 0.6 is 0 Å². The van der Waals surface area contributed by atoms with Gasteiger partial charge in [-0.3, -0.25) is 4.57 Å².